The standard InChI is InChI=1S/C12H18BrN3O/c1-3-4-7-16(2)11-8-9(13)5-6-10(11)12(14)15-17/h5-6,8,17H,3-4,7H2,1-2H3,(H2,14,15). The summed E-state index contributed by atoms with van der Waals surface area (Å²) in [6.07, 6.45) is 2.25. The highest BCUT2D eigenvalue weighted by Gasteiger charge is 2.11. The maximum Gasteiger partial charge on any atom is 0.172 e. The van der Waals surface area contributed by atoms with Crippen molar-refractivity contribution in [2.45, 2.75) is 19.8 Å². The van der Waals surface area contributed by atoms with Gasteiger partial charge in [0.1, 0.15) is 0 Å². The molecule has 0 saturated carbocycles. The van der Waals surface area contributed by atoms with E-state index in [1.807, 2.05) is 25.2 Å². The Bertz CT molecular complexity index is 407. The lowest BCUT2D eigenvalue weighted by Gasteiger charge is -2.22. The first-order valence-corrected chi connectivity index (χ1v) is 6.38. The van der Waals surface area contributed by atoms with Gasteiger partial charge in [-0.2, -0.15) is 0 Å². The topological polar surface area (TPSA) is 61.8 Å². The quantitative estimate of drug-likeness (QED) is 0.380. The number of benzene rings is 1. The highest BCUT2D eigenvalue weighted by Crippen LogP contribution is 2.24. The minimum Gasteiger partial charge on any atom is -0.409 e. The minimum atomic E-state index is 0.135. The Kier molecular flexibility index (Phi) is 5.28. The molecule has 94 valence electrons. The van der Waals surface area contributed by atoms with Crippen molar-refractivity contribution in [2.75, 3.05) is 18.5 Å². The predicted octanol–water partition coefficient (Wildman–Crippen LogP) is 2.78. The van der Waals surface area contributed by atoms with Crippen LogP contribution in [0.15, 0.2) is 27.8 Å². The molecule has 0 amide bonds. The Morgan fingerprint density at radius 1 is 1.53 bits per heavy atom. The third kappa shape index (κ3) is 3.63. The summed E-state index contributed by atoms with van der Waals surface area (Å²) in [5.74, 6) is 0.135. The molecule has 17 heavy (non-hydrogen) atoms. The summed E-state index contributed by atoms with van der Waals surface area (Å²) in [5.41, 5.74) is 7.38. The van der Waals surface area contributed by atoms with Crippen LogP contribution >= 0.6 is 15.9 Å². The molecule has 0 saturated heterocycles. The van der Waals surface area contributed by atoms with Crippen LogP contribution in [0.4, 0.5) is 5.69 Å². The molecular weight excluding hydrogens is 282 g/mol. The molecule has 0 fully saturated rings. The fourth-order valence-corrected chi connectivity index (χ4v) is 1.96. The van der Waals surface area contributed by atoms with Crippen molar-refractivity contribution in [1.29, 1.82) is 0 Å². The molecule has 0 bridgehead atoms. The third-order valence-corrected chi connectivity index (χ3v) is 3.10. The summed E-state index contributed by atoms with van der Waals surface area (Å²) < 4.78 is 0.977. The number of unbranched alkanes of at least 4 members (excludes halogenated alkanes) is 1. The van der Waals surface area contributed by atoms with E-state index in [1.165, 1.54) is 0 Å². The lowest BCUT2D eigenvalue weighted by molar-refractivity contribution is 0.318. The van der Waals surface area contributed by atoms with E-state index in [-0.39, 0.29) is 5.84 Å². The Balaban J connectivity index is 3.06. The van der Waals surface area contributed by atoms with Gasteiger partial charge in [0.05, 0.1) is 0 Å². The Morgan fingerprint density at radius 3 is 2.82 bits per heavy atom. The molecule has 0 unspecified atom stereocenters. The van der Waals surface area contributed by atoms with Gasteiger partial charge in [0.2, 0.25) is 0 Å². The van der Waals surface area contributed by atoms with Gasteiger partial charge in [-0.1, -0.05) is 34.4 Å². The van der Waals surface area contributed by atoms with Gasteiger partial charge in [0.15, 0.2) is 5.84 Å². The van der Waals surface area contributed by atoms with E-state index >= 15 is 0 Å². The zero-order chi connectivity index (χ0) is 12.8. The van der Waals surface area contributed by atoms with E-state index in [1.54, 1.807) is 0 Å². The first-order valence-electron chi connectivity index (χ1n) is 5.58. The van der Waals surface area contributed by atoms with Crippen molar-refractivity contribution in [1.82, 2.24) is 0 Å². The number of rotatable bonds is 5. The van der Waals surface area contributed by atoms with Crippen LogP contribution in [-0.4, -0.2) is 24.6 Å². The second kappa shape index (κ2) is 6.49. The number of oxime groups is 1. The molecule has 5 heteroatoms. The van der Waals surface area contributed by atoms with Crippen LogP contribution in [0, 0.1) is 0 Å². The van der Waals surface area contributed by atoms with Crippen LogP contribution in [0.3, 0.4) is 0 Å². The van der Waals surface area contributed by atoms with Gasteiger partial charge >= 0.3 is 0 Å². The molecule has 1 aromatic rings. The Morgan fingerprint density at radius 2 is 2.24 bits per heavy atom. The van der Waals surface area contributed by atoms with E-state index in [0.29, 0.717) is 0 Å². The molecule has 1 rings (SSSR count). The second-order valence-corrected chi connectivity index (χ2v) is 4.84. The molecular formula is C12H18BrN3O. The van der Waals surface area contributed by atoms with E-state index in [2.05, 4.69) is 32.9 Å². The van der Waals surface area contributed by atoms with Crippen LogP contribution in [0.5, 0.6) is 0 Å². The first kappa shape index (κ1) is 13.8. The zero-order valence-corrected chi connectivity index (χ0v) is 11.7. The number of anilines is 1. The van der Waals surface area contributed by atoms with Gasteiger partial charge in [0.25, 0.3) is 0 Å². The molecule has 0 atom stereocenters. The number of halogens is 1. The summed E-state index contributed by atoms with van der Waals surface area (Å²) in [7, 11) is 2.01. The molecule has 3 N–H and O–H groups in total. The van der Waals surface area contributed by atoms with Gasteiger partial charge in [0, 0.05) is 29.3 Å². The van der Waals surface area contributed by atoms with Crippen LogP contribution in [-0.2, 0) is 0 Å². The molecule has 4 nitrogen and oxygen atoms in total. The van der Waals surface area contributed by atoms with Gasteiger partial charge in [-0.15, -0.1) is 0 Å². The average Bonchev–Trinajstić information content (AvgIpc) is 2.34. The van der Waals surface area contributed by atoms with Crippen LogP contribution in [0.1, 0.15) is 25.3 Å². The Hall–Kier alpha value is -1.23. The number of hydrogen-bond acceptors (Lipinski definition) is 3. The van der Waals surface area contributed by atoms with E-state index < -0.39 is 0 Å². The first-order chi connectivity index (χ1) is 8.10. The summed E-state index contributed by atoms with van der Waals surface area (Å²) in [6.45, 7) is 3.10. The van der Waals surface area contributed by atoms with E-state index in [9.17, 15) is 0 Å². The van der Waals surface area contributed by atoms with Crippen molar-refractivity contribution in [2.24, 2.45) is 10.9 Å². The molecule has 0 aliphatic heterocycles. The van der Waals surface area contributed by atoms with Gasteiger partial charge in [-0.05, 0) is 24.6 Å². The van der Waals surface area contributed by atoms with Gasteiger partial charge in [-0.25, -0.2) is 0 Å². The summed E-state index contributed by atoms with van der Waals surface area (Å²) in [5, 5.41) is 11.8. The molecule has 0 aliphatic carbocycles. The fraction of sp³-hybridized carbons (Fsp3) is 0.417. The summed E-state index contributed by atoms with van der Waals surface area (Å²) >= 11 is 3.43. The maximum atomic E-state index is 8.77. The van der Waals surface area contributed by atoms with Crippen molar-refractivity contribution in [3.8, 4) is 0 Å². The van der Waals surface area contributed by atoms with Crippen molar-refractivity contribution in [3.05, 3.63) is 28.2 Å². The Labute approximate surface area is 110 Å². The average molecular weight is 300 g/mol. The highest BCUT2D eigenvalue weighted by molar-refractivity contribution is 9.10. The largest absolute Gasteiger partial charge is 0.409 e. The van der Waals surface area contributed by atoms with Crippen LogP contribution < -0.4 is 10.6 Å². The lowest BCUT2D eigenvalue weighted by Crippen LogP contribution is -2.23. The summed E-state index contributed by atoms with van der Waals surface area (Å²) in [4.78, 5) is 2.11. The number of amidine groups is 1. The van der Waals surface area contributed by atoms with Crippen LogP contribution in [0.2, 0.25) is 0 Å². The zero-order valence-electron chi connectivity index (χ0n) is 10.2. The smallest absolute Gasteiger partial charge is 0.172 e. The third-order valence-electron chi connectivity index (χ3n) is 2.60. The SMILES string of the molecule is CCCCN(C)c1cc(Br)ccc1/C(N)=N/O. The van der Waals surface area contributed by atoms with Gasteiger partial charge < -0.3 is 15.8 Å². The molecule has 0 radical (unpaired) electrons. The minimum absolute atomic E-state index is 0.135. The molecule has 1 aromatic carbocycles. The van der Waals surface area contributed by atoms with E-state index in [4.69, 9.17) is 10.9 Å². The predicted molar refractivity (Wildman–Crippen MR) is 74.8 cm³/mol. The molecule has 0 aliphatic rings. The van der Waals surface area contributed by atoms with Crippen molar-refractivity contribution >= 4 is 27.5 Å². The normalized spacial score (nSPS) is 11.6. The number of nitrogens with zero attached hydrogens (tertiary/aromatic N) is 2. The van der Waals surface area contributed by atoms with Crippen molar-refractivity contribution in [3.63, 3.8) is 0 Å². The van der Waals surface area contributed by atoms with Gasteiger partial charge in [-0.3, -0.25) is 0 Å². The van der Waals surface area contributed by atoms with Crippen molar-refractivity contribution < 1.29 is 5.21 Å². The molecule has 0 aromatic heterocycles. The highest BCUT2D eigenvalue weighted by atomic mass is 79.9. The van der Waals surface area contributed by atoms with E-state index in [0.717, 1.165) is 35.1 Å². The molecule has 0 heterocycles. The lowest BCUT2D eigenvalue weighted by atomic mass is 10.1. The van der Waals surface area contributed by atoms with Crippen LogP contribution in [0.25, 0.3) is 0 Å². The second-order valence-electron chi connectivity index (χ2n) is 3.92. The monoisotopic (exact) mass is 299 g/mol. The summed E-state index contributed by atoms with van der Waals surface area (Å²) in [6, 6.07) is 5.70. The molecule has 0 spiro atoms. The number of hydrogen-bond donors (Lipinski definition) is 2. The number of nitrogens with two attached hydrogens (primary N) is 1. The maximum absolute atomic E-state index is 8.77. The fourth-order valence-electron chi connectivity index (χ4n) is 1.61.